The van der Waals surface area contributed by atoms with Crippen LogP contribution in [0.15, 0.2) is 18.2 Å². The van der Waals surface area contributed by atoms with E-state index in [0.717, 1.165) is 13.1 Å². The zero-order chi connectivity index (χ0) is 13.3. The van der Waals surface area contributed by atoms with Crippen molar-refractivity contribution in [1.82, 2.24) is 0 Å². The van der Waals surface area contributed by atoms with Gasteiger partial charge in [-0.2, -0.15) is 0 Å². The first-order valence-corrected chi connectivity index (χ1v) is 6.70. The van der Waals surface area contributed by atoms with Gasteiger partial charge < -0.3 is 10.0 Å². The van der Waals surface area contributed by atoms with Crippen LogP contribution in [-0.2, 0) is 0 Å². The van der Waals surface area contributed by atoms with Crippen LogP contribution < -0.4 is 4.90 Å². The summed E-state index contributed by atoms with van der Waals surface area (Å²) in [6.07, 6.45) is 0.554. The summed E-state index contributed by atoms with van der Waals surface area (Å²) in [5, 5.41) is 9.80. The van der Waals surface area contributed by atoms with Gasteiger partial charge >= 0.3 is 0 Å². The highest BCUT2D eigenvalue weighted by molar-refractivity contribution is 5.56. The van der Waals surface area contributed by atoms with Gasteiger partial charge in [-0.1, -0.05) is 26.0 Å². The molecule has 1 aliphatic heterocycles. The quantitative estimate of drug-likeness (QED) is 0.871. The summed E-state index contributed by atoms with van der Waals surface area (Å²) in [4.78, 5) is 2.09. The maximum atomic E-state index is 14.1. The van der Waals surface area contributed by atoms with E-state index in [1.807, 2.05) is 6.07 Å². The van der Waals surface area contributed by atoms with Crippen molar-refractivity contribution in [2.75, 3.05) is 18.0 Å². The maximum absolute atomic E-state index is 14.1. The molecule has 3 heteroatoms. The number of piperidine rings is 1. The third-order valence-electron chi connectivity index (χ3n) is 3.65. The Morgan fingerprint density at radius 2 is 1.89 bits per heavy atom. The molecular formula is C15H22FNO. The van der Waals surface area contributed by atoms with Gasteiger partial charge in [-0.3, -0.25) is 0 Å². The maximum Gasteiger partial charge on any atom is 0.146 e. The minimum atomic E-state index is -0.636. The lowest BCUT2D eigenvalue weighted by Crippen LogP contribution is -2.39. The van der Waals surface area contributed by atoms with Crippen LogP contribution in [0.25, 0.3) is 0 Å². The van der Waals surface area contributed by atoms with Gasteiger partial charge in [0.2, 0.25) is 0 Å². The highest BCUT2D eigenvalue weighted by Crippen LogP contribution is 2.33. The van der Waals surface area contributed by atoms with Gasteiger partial charge in [-0.05, 0) is 31.2 Å². The predicted octanol–water partition coefficient (Wildman–Crippen LogP) is 3.36. The molecule has 1 saturated heterocycles. The molecule has 3 atom stereocenters. The third kappa shape index (κ3) is 2.66. The van der Waals surface area contributed by atoms with Gasteiger partial charge in [-0.25, -0.2) is 4.39 Å². The summed E-state index contributed by atoms with van der Waals surface area (Å²) in [7, 11) is 0. The lowest BCUT2D eigenvalue weighted by molar-refractivity contribution is 0.198. The second-order valence-electron chi connectivity index (χ2n) is 5.70. The molecular weight excluding hydrogens is 229 g/mol. The highest BCUT2D eigenvalue weighted by Gasteiger charge is 2.26. The molecule has 0 aliphatic carbocycles. The number of aliphatic hydroxyl groups is 1. The van der Waals surface area contributed by atoms with E-state index in [1.54, 1.807) is 13.0 Å². The molecule has 0 amide bonds. The number of hydrogen-bond donors (Lipinski definition) is 1. The Morgan fingerprint density at radius 3 is 2.44 bits per heavy atom. The molecule has 3 unspecified atom stereocenters. The molecule has 1 fully saturated rings. The molecule has 100 valence electrons. The average Bonchev–Trinajstić information content (AvgIpc) is 2.26. The monoisotopic (exact) mass is 251 g/mol. The van der Waals surface area contributed by atoms with E-state index in [9.17, 15) is 9.50 Å². The number of hydrogen-bond acceptors (Lipinski definition) is 2. The second kappa shape index (κ2) is 5.27. The summed E-state index contributed by atoms with van der Waals surface area (Å²) < 4.78 is 14.1. The Kier molecular flexibility index (Phi) is 3.91. The molecule has 1 aliphatic rings. The normalized spacial score (nSPS) is 26.2. The minimum Gasteiger partial charge on any atom is -0.389 e. The first-order valence-electron chi connectivity index (χ1n) is 6.70. The first kappa shape index (κ1) is 13.3. The summed E-state index contributed by atoms with van der Waals surface area (Å²) >= 11 is 0. The fourth-order valence-electron chi connectivity index (χ4n) is 3.05. The molecule has 1 aromatic rings. The fourth-order valence-corrected chi connectivity index (χ4v) is 3.05. The van der Waals surface area contributed by atoms with E-state index in [-0.39, 0.29) is 5.82 Å². The largest absolute Gasteiger partial charge is 0.389 e. The zero-order valence-corrected chi connectivity index (χ0v) is 11.4. The lowest BCUT2D eigenvalue weighted by Gasteiger charge is -2.38. The molecule has 0 saturated carbocycles. The molecule has 2 nitrogen and oxygen atoms in total. The molecule has 0 radical (unpaired) electrons. The Bertz CT molecular complexity index is 409. The summed E-state index contributed by atoms with van der Waals surface area (Å²) in [5.74, 6) is 0.903. The summed E-state index contributed by atoms with van der Waals surface area (Å²) in [5.41, 5.74) is 1.28. The van der Waals surface area contributed by atoms with Gasteiger partial charge in [-0.15, -0.1) is 0 Å². The van der Waals surface area contributed by atoms with E-state index in [1.165, 1.54) is 12.5 Å². The van der Waals surface area contributed by atoms with Crippen molar-refractivity contribution in [3.05, 3.63) is 29.6 Å². The number of rotatable bonds is 2. The van der Waals surface area contributed by atoms with Crippen LogP contribution in [0, 0.1) is 17.7 Å². The Balaban J connectivity index is 2.37. The van der Waals surface area contributed by atoms with Crippen LogP contribution >= 0.6 is 0 Å². The highest BCUT2D eigenvalue weighted by atomic mass is 19.1. The molecule has 1 heterocycles. The van der Waals surface area contributed by atoms with E-state index >= 15 is 0 Å². The smallest absolute Gasteiger partial charge is 0.146 e. The van der Waals surface area contributed by atoms with Crippen molar-refractivity contribution >= 4 is 5.69 Å². The Labute approximate surface area is 108 Å². The van der Waals surface area contributed by atoms with Crippen LogP contribution in [0.5, 0.6) is 0 Å². The van der Waals surface area contributed by atoms with Crippen molar-refractivity contribution in [3.8, 4) is 0 Å². The number of anilines is 1. The number of benzene rings is 1. The van der Waals surface area contributed by atoms with Crippen molar-refractivity contribution < 1.29 is 9.50 Å². The van der Waals surface area contributed by atoms with Gasteiger partial charge in [0.25, 0.3) is 0 Å². The number of aliphatic hydroxyl groups excluding tert-OH is 1. The molecule has 2 rings (SSSR count). The molecule has 0 spiro atoms. The molecule has 18 heavy (non-hydrogen) atoms. The number of nitrogens with zero attached hydrogens (tertiary/aromatic N) is 1. The Hall–Kier alpha value is -1.09. The number of halogens is 1. The van der Waals surface area contributed by atoms with Gasteiger partial charge in [0.15, 0.2) is 0 Å². The van der Waals surface area contributed by atoms with Gasteiger partial charge in [0, 0.05) is 18.7 Å². The third-order valence-corrected chi connectivity index (χ3v) is 3.65. The minimum absolute atomic E-state index is 0.227. The van der Waals surface area contributed by atoms with Gasteiger partial charge in [0.05, 0.1) is 11.8 Å². The van der Waals surface area contributed by atoms with E-state index < -0.39 is 6.10 Å². The SMILES string of the molecule is CC1CC(C)CN(c2c(F)cccc2C(C)O)C1. The fraction of sp³-hybridized carbons (Fsp3) is 0.600. The predicted molar refractivity (Wildman–Crippen MR) is 72.2 cm³/mol. The first-order chi connectivity index (χ1) is 8.49. The van der Waals surface area contributed by atoms with Crippen LogP contribution in [-0.4, -0.2) is 18.2 Å². The van der Waals surface area contributed by atoms with E-state index in [2.05, 4.69) is 18.7 Å². The van der Waals surface area contributed by atoms with E-state index in [4.69, 9.17) is 0 Å². The van der Waals surface area contributed by atoms with Gasteiger partial charge in [0.1, 0.15) is 5.82 Å². The second-order valence-corrected chi connectivity index (χ2v) is 5.70. The molecule has 1 N–H and O–H groups in total. The molecule has 0 bridgehead atoms. The van der Waals surface area contributed by atoms with Crippen molar-refractivity contribution in [3.63, 3.8) is 0 Å². The van der Waals surface area contributed by atoms with Crippen LogP contribution in [0.4, 0.5) is 10.1 Å². The zero-order valence-electron chi connectivity index (χ0n) is 11.4. The molecule has 1 aromatic carbocycles. The standard InChI is InChI=1S/C15H22FNO/c1-10-7-11(2)9-17(8-10)15-13(12(3)18)5-4-6-14(15)16/h4-6,10-12,18H,7-9H2,1-3H3. The van der Waals surface area contributed by atoms with Crippen molar-refractivity contribution in [2.24, 2.45) is 11.8 Å². The molecule has 0 aromatic heterocycles. The summed E-state index contributed by atoms with van der Waals surface area (Å²) in [6, 6.07) is 4.95. The topological polar surface area (TPSA) is 23.5 Å². The van der Waals surface area contributed by atoms with E-state index in [0.29, 0.717) is 23.1 Å². The van der Waals surface area contributed by atoms with Crippen molar-refractivity contribution in [2.45, 2.75) is 33.3 Å². The average molecular weight is 251 g/mol. The van der Waals surface area contributed by atoms with Crippen LogP contribution in [0.3, 0.4) is 0 Å². The Morgan fingerprint density at radius 1 is 1.28 bits per heavy atom. The number of para-hydroxylation sites is 1. The van der Waals surface area contributed by atoms with Crippen LogP contribution in [0.1, 0.15) is 38.9 Å². The van der Waals surface area contributed by atoms with Crippen LogP contribution in [0.2, 0.25) is 0 Å². The van der Waals surface area contributed by atoms with Crippen molar-refractivity contribution in [1.29, 1.82) is 0 Å². The summed E-state index contributed by atoms with van der Waals surface area (Å²) in [6.45, 7) is 7.82. The lowest BCUT2D eigenvalue weighted by atomic mass is 9.91.